The number of carbonyl (C=O) groups excluding carboxylic acids is 1. The molecule has 2 nitrogen and oxygen atoms in total. The minimum atomic E-state index is -0.230. The van der Waals surface area contributed by atoms with Crippen molar-refractivity contribution in [3.05, 3.63) is 71.0 Å². The maximum atomic E-state index is 13.9. The smallest absolute Gasteiger partial charge is 0.223 e. The fourth-order valence-electron chi connectivity index (χ4n) is 2.95. The molecule has 2 aromatic carbocycles. The zero-order valence-electron chi connectivity index (χ0n) is 14.2. The lowest BCUT2D eigenvalue weighted by atomic mass is 10.1. The van der Waals surface area contributed by atoms with Crippen LogP contribution < -0.4 is 0 Å². The van der Waals surface area contributed by atoms with Crippen molar-refractivity contribution in [3.63, 3.8) is 0 Å². The molecule has 0 saturated heterocycles. The summed E-state index contributed by atoms with van der Waals surface area (Å²) in [4.78, 5) is 14.5. The van der Waals surface area contributed by atoms with Crippen LogP contribution in [0.3, 0.4) is 0 Å². The molecule has 0 atom stereocenters. The molecule has 0 N–H and O–H groups in total. The average molecular weight is 325 g/mol. The van der Waals surface area contributed by atoms with Gasteiger partial charge in [-0.1, -0.05) is 49.4 Å². The van der Waals surface area contributed by atoms with E-state index < -0.39 is 0 Å². The lowest BCUT2D eigenvalue weighted by Gasteiger charge is -2.23. The van der Waals surface area contributed by atoms with Gasteiger partial charge in [-0.05, 0) is 42.9 Å². The predicted molar refractivity (Wildman–Crippen MR) is 94.1 cm³/mol. The van der Waals surface area contributed by atoms with Gasteiger partial charge in [-0.3, -0.25) is 4.79 Å². The molecule has 0 bridgehead atoms. The summed E-state index contributed by atoms with van der Waals surface area (Å²) in [5.74, 6) is -0.105. The molecule has 126 valence electrons. The van der Waals surface area contributed by atoms with E-state index in [1.807, 2.05) is 11.0 Å². The highest BCUT2D eigenvalue weighted by Gasteiger charge is 2.32. The predicted octanol–water partition coefficient (Wildman–Crippen LogP) is 4.51. The Morgan fingerprint density at radius 1 is 1.08 bits per heavy atom. The van der Waals surface area contributed by atoms with Crippen molar-refractivity contribution in [3.8, 4) is 0 Å². The number of nitrogens with zero attached hydrogens (tertiary/aromatic N) is 1. The molecule has 1 amide bonds. The van der Waals surface area contributed by atoms with E-state index in [-0.39, 0.29) is 11.7 Å². The lowest BCUT2D eigenvalue weighted by Crippen LogP contribution is -2.33. The minimum absolute atomic E-state index is 0.125. The third kappa shape index (κ3) is 4.22. The molecule has 0 spiro atoms. The molecular weight excluding hydrogens is 301 g/mol. The molecule has 24 heavy (non-hydrogen) atoms. The standard InChI is InChI=1S/C21H24FNO/c1-2-16-7-9-17(10-8-16)11-14-21(24)23(19-12-13-19)15-18-5-3-4-6-20(18)22/h3-10,19H,2,11-15H2,1H3. The van der Waals surface area contributed by atoms with Gasteiger partial charge in [-0.15, -0.1) is 0 Å². The highest BCUT2D eigenvalue weighted by molar-refractivity contribution is 5.77. The van der Waals surface area contributed by atoms with Crippen molar-refractivity contribution in [2.24, 2.45) is 0 Å². The first kappa shape index (κ1) is 16.7. The molecule has 2 aromatic rings. The van der Waals surface area contributed by atoms with Crippen molar-refractivity contribution in [1.29, 1.82) is 0 Å². The topological polar surface area (TPSA) is 20.3 Å². The van der Waals surface area contributed by atoms with Crippen LogP contribution in [0.25, 0.3) is 0 Å². The van der Waals surface area contributed by atoms with Gasteiger partial charge in [0.05, 0.1) is 0 Å². The Morgan fingerprint density at radius 2 is 1.75 bits per heavy atom. The van der Waals surface area contributed by atoms with E-state index in [1.54, 1.807) is 12.1 Å². The van der Waals surface area contributed by atoms with Crippen LogP contribution in [0, 0.1) is 5.82 Å². The number of amides is 1. The summed E-state index contributed by atoms with van der Waals surface area (Å²) < 4.78 is 13.9. The van der Waals surface area contributed by atoms with E-state index in [0.717, 1.165) is 25.7 Å². The summed E-state index contributed by atoms with van der Waals surface area (Å²) in [6.07, 6.45) is 4.31. The Labute approximate surface area is 143 Å². The fraction of sp³-hybridized carbons (Fsp3) is 0.381. The van der Waals surface area contributed by atoms with Crippen LogP contribution in [0.5, 0.6) is 0 Å². The average Bonchev–Trinajstić information content (AvgIpc) is 3.44. The molecule has 0 radical (unpaired) electrons. The maximum Gasteiger partial charge on any atom is 0.223 e. The maximum absolute atomic E-state index is 13.9. The third-order valence-electron chi connectivity index (χ3n) is 4.67. The van der Waals surface area contributed by atoms with E-state index >= 15 is 0 Å². The molecule has 1 saturated carbocycles. The molecule has 0 unspecified atom stereocenters. The number of hydrogen-bond acceptors (Lipinski definition) is 1. The molecule has 0 aliphatic heterocycles. The number of aryl methyl sites for hydroxylation is 2. The fourth-order valence-corrected chi connectivity index (χ4v) is 2.95. The minimum Gasteiger partial charge on any atom is -0.335 e. The largest absolute Gasteiger partial charge is 0.335 e. The third-order valence-corrected chi connectivity index (χ3v) is 4.67. The van der Waals surface area contributed by atoms with Gasteiger partial charge in [0.2, 0.25) is 5.91 Å². The molecule has 0 heterocycles. The Bertz CT molecular complexity index is 691. The first-order valence-electron chi connectivity index (χ1n) is 8.78. The summed E-state index contributed by atoms with van der Waals surface area (Å²) in [5.41, 5.74) is 3.09. The van der Waals surface area contributed by atoms with E-state index in [0.29, 0.717) is 24.6 Å². The number of carbonyl (C=O) groups is 1. The summed E-state index contributed by atoms with van der Waals surface area (Å²) >= 11 is 0. The van der Waals surface area contributed by atoms with Gasteiger partial charge in [0.25, 0.3) is 0 Å². The molecule has 1 aliphatic rings. The highest BCUT2D eigenvalue weighted by Crippen LogP contribution is 2.29. The van der Waals surface area contributed by atoms with Gasteiger partial charge in [0, 0.05) is 24.6 Å². The summed E-state index contributed by atoms with van der Waals surface area (Å²) in [7, 11) is 0. The molecule has 1 aliphatic carbocycles. The van der Waals surface area contributed by atoms with Gasteiger partial charge in [0.1, 0.15) is 5.82 Å². The molecule has 3 heteroatoms. The number of rotatable bonds is 7. The van der Waals surface area contributed by atoms with Crippen molar-refractivity contribution < 1.29 is 9.18 Å². The second-order valence-corrected chi connectivity index (χ2v) is 6.51. The van der Waals surface area contributed by atoms with Crippen LogP contribution in [0.2, 0.25) is 0 Å². The van der Waals surface area contributed by atoms with Gasteiger partial charge < -0.3 is 4.90 Å². The van der Waals surface area contributed by atoms with Crippen LogP contribution >= 0.6 is 0 Å². The Morgan fingerprint density at radius 3 is 2.38 bits per heavy atom. The van der Waals surface area contributed by atoms with E-state index in [4.69, 9.17) is 0 Å². The van der Waals surface area contributed by atoms with Crippen LogP contribution in [-0.4, -0.2) is 16.8 Å². The zero-order valence-corrected chi connectivity index (χ0v) is 14.2. The monoisotopic (exact) mass is 325 g/mol. The summed E-state index contributed by atoms with van der Waals surface area (Å²) in [6.45, 7) is 2.51. The number of halogens is 1. The molecule has 3 rings (SSSR count). The van der Waals surface area contributed by atoms with Crippen LogP contribution in [0.15, 0.2) is 48.5 Å². The second kappa shape index (κ2) is 7.61. The Kier molecular flexibility index (Phi) is 5.29. The Hall–Kier alpha value is -2.16. The van der Waals surface area contributed by atoms with Crippen molar-refractivity contribution in [2.75, 3.05) is 0 Å². The van der Waals surface area contributed by atoms with Crippen molar-refractivity contribution in [1.82, 2.24) is 4.90 Å². The van der Waals surface area contributed by atoms with E-state index in [2.05, 4.69) is 31.2 Å². The summed E-state index contributed by atoms with van der Waals surface area (Å²) in [5, 5.41) is 0. The van der Waals surface area contributed by atoms with Crippen molar-refractivity contribution in [2.45, 2.75) is 51.6 Å². The van der Waals surface area contributed by atoms with Gasteiger partial charge in [-0.2, -0.15) is 0 Å². The van der Waals surface area contributed by atoms with E-state index in [1.165, 1.54) is 17.2 Å². The Balaban J connectivity index is 1.61. The lowest BCUT2D eigenvalue weighted by molar-refractivity contribution is -0.132. The zero-order chi connectivity index (χ0) is 16.9. The normalized spacial score (nSPS) is 13.8. The highest BCUT2D eigenvalue weighted by atomic mass is 19.1. The van der Waals surface area contributed by atoms with Crippen LogP contribution in [0.1, 0.15) is 42.9 Å². The van der Waals surface area contributed by atoms with Gasteiger partial charge in [-0.25, -0.2) is 4.39 Å². The second-order valence-electron chi connectivity index (χ2n) is 6.51. The first-order valence-corrected chi connectivity index (χ1v) is 8.78. The van der Waals surface area contributed by atoms with Gasteiger partial charge in [0.15, 0.2) is 0 Å². The van der Waals surface area contributed by atoms with E-state index in [9.17, 15) is 9.18 Å². The SMILES string of the molecule is CCc1ccc(CCC(=O)N(Cc2ccccc2F)C2CC2)cc1. The molecular formula is C21H24FNO. The summed E-state index contributed by atoms with van der Waals surface area (Å²) in [6, 6.07) is 15.5. The van der Waals surface area contributed by atoms with Gasteiger partial charge >= 0.3 is 0 Å². The molecule has 1 fully saturated rings. The number of benzene rings is 2. The van der Waals surface area contributed by atoms with Crippen LogP contribution in [-0.2, 0) is 24.2 Å². The first-order chi connectivity index (χ1) is 11.7. The van der Waals surface area contributed by atoms with Crippen LogP contribution in [0.4, 0.5) is 4.39 Å². The molecule has 0 aromatic heterocycles. The number of hydrogen-bond donors (Lipinski definition) is 0. The van der Waals surface area contributed by atoms with Crippen molar-refractivity contribution >= 4 is 5.91 Å². The quantitative estimate of drug-likeness (QED) is 0.733.